The van der Waals surface area contributed by atoms with Crippen molar-refractivity contribution in [3.05, 3.63) is 18.2 Å². The summed E-state index contributed by atoms with van der Waals surface area (Å²) in [6, 6.07) is 0. The van der Waals surface area contributed by atoms with Crippen molar-refractivity contribution in [3.63, 3.8) is 0 Å². The van der Waals surface area contributed by atoms with E-state index in [9.17, 15) is 5.11 Å². The van der Waals surface area contributed by atoms with Crippen LogP contribution in [0.1, 0.15) is 38.6 Å². The van der Waals surface area contributed by atoms with E-state index in [1.807, 2.05) is 17.7 Å². The minimum atomic E-state index is -0.398. The molecule has 3 nitrogen and oxygen atoms in total. The second kappa shape index (κ2) is 4.26. The summed E-state index contributed by atoms with van der Waals surface area (Å²) in [7, 11) is 0. The average molecular weight is 168 g/mol. The lowest BCUT2D eigenvalue weighted by molar-refractivity contribution is 0.152. The second-order valence-corrected chi connectivity index (χ2v) is 2.88. The van der Waals surface area contributed by atoms with Crippen molar-refractivity contribution in [2.75, 3.05) is 0 Å². The standard InChI is InChI=1S/C9H16N2O/c1-3-5-8(12)9-10-6-7-11(9)4-2/h6-8,12H,3-5H2,1-2H3. The highest BCUT2D eigenvalue weighted by Gasteiger charge is 2.11. The molecule has 0 bridgehead atoms. The monoisotopic (exact) mass is 168 g/mol. The van der Waals surface area contributed by atoms with E-state index < -0.39 is 6.10 Å². The van der Waals surface area contributed by atoms with E-state index in [1.165, 1.54) is 0 Å². The topological polar surface area (TPSA) is 38.1 Å². The maximum absolute atomic E-state index is 9.64. The first-order valence-corrected chi connectivity index (χ1v) is 4.48. The number of hydrogen-bond acceptors (Lipinski definition) is 2. The van der Waals surface area contributed by atoms with Gasteiger partial charge in [0.1, 0.15) is 11.9 Å². The highest BCUT2D eigenvalue weighted by atomic mass is 16.3. The number of aryl methyl sites for hydroxylation is 1. The molecule has 12 heavy (non-hydrogen) atoms. The molecule has 1 unspecified atom stereocenters. The van der Waals surface area contributed by atoms with Gasteiger partial charge in [0.15, 0.2) is 0 Å². The van der Waals surface area contributed by atoms with Gasteiger partial charge in [-0.2, -0.15) is 0 Å². The van der Waals surface area contributed by atoms with E-state index in [0.717, 1.165) is 25.2 Å². The van der Waals surface area contributed by atoms with Crippen molar-refractivity contribution in [2.45, 2.75) is 39.3 Å². The van der Waals surface area contributed by atoms with E-state index in [2.05, 4.69) is 11.9 Å². The SMILES string of the molecule is CCCC(O)c1nccn1CC. The molecule has 1 aromatic rings. The predicted octanol–water partition coefficient (Wildman–Crippen LogP) is 1.74. The fourth-order valence-electron chi connectivity index (χ4n) is 1.29. The van der Waals surface area contributed by atoms with Crippen LogP contribution in [-0.2, 0) is 6.54 Å². The summed E-state index contributed by atoms with van der Waals surface area (Å²) in [5, 5.41) is 9.64. The van der Waals surface area contributed by atoms with Crippen LogP contribution in [0.3, 0.4) is 0 Å². The molecular formula is C9H16N2O. The molecule has 1 atom stereocenters. The molecule has 1 aromatic heterocycles. The van der Waals surface area contributed by atoms with Crippen molar-refractivity contribution < 1.29 is 5.11 Å². The van der Waals surface area contributed by atoms with Crippen LogP contribution in [0.5, 0.6) is 0 Å². The molecule has 0 radical (unpaired) electrons. The maximum atomic E-state index is 9.64. The van der Waals surface area contributed by atoms with E-state index >= 15 is 0 Å². The third kappa shape index (κ3) is 1.85. The van der Waals surface area contributed by atoms with Crippen LogP contribution < -0.4 is 0 Å². The Labute approximate surface area is 73.1 Å². The number of rotatable bonds is 4. The lowest BCUT2D eigenvalue weighted by atomic mass is 10.2. The molecule has 3 heteroatoms. The molecule has 1 heterocycles. The Morgan fingerprint density at radius 3 is 2.92 bits per heavy atom. The van der Waals surface area contributed by atoms with Crippen molar-refractivity contribution in [2.24, 2.45) is 0 Å². The minimum absolute atomic E-state index is 0.398. The molecule has 0 saturated heterocycles. The molecule has 1 N–H and O–H groups in total. The summed E-state index contributed by atoms with van der Waals surface area (Å²) in [6.07, 6.45) is 5.01. The minimum Gasteiger partial charge on any atom is -0.385 e. The molecule has 0 aliphatic heterocycles. The molecule has 0 spiro atoms. The van der Waals surface area contributed by atoms with Gasteiger partial charge in [0, 0.05) is 18.9 Å². The van der Waals surface area contributed by atoms with Gasteiger partial charge < -0.3 is 9.67 Å². The van der Waals surface area contributed by atoms with E-state index in [1.54, 1.807) is 6.20 Å². The van der Waals surface area contributed by atoms with Gasteiger partial charge in [0.2, 0.25) is 0 Å². The Bertz CT molecular complexity index is 232. The van der Waals surface area contributed by atoms with Crippen molar-refractivity contribution in [3.8, 4) is 0 Å². The zero-order valence-electron chi connectivity index (χ0n) is 7.70. The molecular weight excluding hydrogens is 152 g/mol. The molecule has 1 rings (SSSR count). The van der Waals surface area contributed by atoms with Crippen molar-refractivity contribution >= 4 is 0 Å². The van der Waals surface area contributed by atoms with Gasteiger partial charge in [0.05, 0.1) is 0 Å². The molecule has 0 aliphatic rings. The van der Waals surface area contributed by atoms with Gasteiger partial charge in [-0.1, -0.05) is 13.3 Å². The first-order valence-electron chi connectivity index (χ1n) is 4.48. The van der Waals surface area contributed by atoms with Gasteiger partial charge in [-0.25, -0.2) is 4.98 Å². The smallest absolute Gasteiger partial charge is 0.137 e. The third-order valence-corrected chi connectivity index (χ3v) is 1.95. The van der Waals surface area contributed by atoms with Crippen LogP contribution in [0.4, 0.5) is 0 Å². The number of aliphatic hydroxyl groups is 1. The quantitative estimate of drug-likeness (QED) is 0.743. The number of hydrogen-bond donors (Lipinski definition) is 1. The summed E-state index contributed by atoms with van der Waals surface area (Å²) in [5.41, 5.74) is 0. The first-order chi connectivity index (χ1) is 5.79. The van der Waals surface area contributed by atoms with Crippen molar-refractivity contribution in [1.82, 2.24) is 9.55 Å². The molecule has 0 aliphatic carbocycles. The largest absolute Gasteiger partial charge is 0.385 e. The third-order valence-electron chi connectivity index (χ3n) is 1.95. The average Bonchev–Trinajstić information content (AvgIpc) is 2.51. The summed E-state index contributed by atoms with van der Waals surface area (Å²) in [5.74, 6) is 0.791. The molecule has 0 fully saturated rings. The van der Waals surface area contributed by atoms with Gasteiger partial charge in [-0.15, -0.1) is 0 Å². The number of imidazole rings is 1. The maximum Gasteiger partial charge on any atom is 0.137 e. The fraction of sp³-hybridized carbons (Fsp3) is 0.667. The summed E-state index contributed by atoms with van der Waals surface area (Å²) in [4.78, 5) is 4.12. The molecule has 0 aromatic carbocycles. The van der Waals surface area contributed by atoms with Crippen LogP contribution in [-0.4, -0.2) is 14.7 Å². The predicted molar refractivity (Wildman–Crippen MR) is 47.8 cm³/mol. The van der Waals surface area contributed by atoms with Gasteiger partial charge in [0.25, 0.3) is 0 Å². The van der Waals surface area contributed by atoms with Gasteiger partial charge in [-0.3, -0.25) is 0 Å². The van der Waals surface area contributed by atoms with E-state index in [0.29, 0.717) is 0 Å². The van der Waals surface area contributed by atoms with Crippen LogP contribution in [0.2, 0.25) is 0 Å². The number of nitrogens with zero attached hydrogens (tertiary/aromatic N) is 2. The zero-order valence-corrected chi connectivity index (χ0v) is 7.70. The normalized spacial score (nSPS) is 13.2. The first kappa shape index (κ1) is 9.26. The van der Waals surface area contributed by atoms with E-state index in [4.69, 9.17) is 0 Å². The number of aliphatic hydroxyl groups excluding tert-OH is 1. The molecule has 0 saturated carbocycles. The Morgan fingerprint density at radius 2 is 2.33 bits per heavy atom. The summed E-state index contributed by atoms with van der Waals surface area (Å²) >= 11 is 0. The number of aromatic nitrogens is 2. The molecule has 0 amide bonds. The van der Waals surface area contributed by atoms with Gasteiger partial charge >= 0.3 is 0 Å². The van der Waals surface area contributed by atoms with Crippen LogP contribution in [0, 0.1) is 0 Å². The van der Waals surface area contributed by atoms with Gasteiger partial charge in [-0.05, 0) is 13.3 Å². The Balaban J connectivity index is 2.71. The lowest BCUT2D eigenvalue weighted by Gasteiger charge is -2.10. The summed E-state index contributed by atoms with van der Waals surface area (Å²) < 4.78 is 1.97. The van der Waals surface area contributed by atoms with Crippen LogP contribution in [0.15, 0.2) is 12.4 Å². The Kier molecular flexibility index (Phi) is 3.29. The van der Waals surface area contributed by atoms with Crippen molar-refractivity contribution in [1.29, 1.82) is 0 Å². The second-order valence-electron chi connectivity index (χ2n) is 2.88. The Morgan fingerprint density at radius 1 is 1.58 bits per heavy atom. The Hall–Kier alpha value is -0.830. The van der Waals surface area contributed by atoms with Crippen LogP contribution in [0.25, 0.3) is 0 Å². The highest BCUT2D eigenvalue weighted by molar-refractivity contribution is 4.95. The fourth-order valence-corrected chi connectivity index (χ4v) is 1.29. The zero-order chi connectivity index (χ0) is 8.97. The molecule has 68 valence electrons. The lowest BCUT2D eigenvalue weighted by Crippen LogP contribution is -2.07. The highest BCUT2D eigenvalue weighted by Crippen LogP contribution is 2.15. The van der Waals surface area contributed by atoms with Crippen LogP contribution >= 0.6 is 0 Å². The summed E-state index contributed by atoms with van der Waals surface area (Å²) in [6.45, 7) is 4.97. The van der Waals surface area contributed by atoms with E-state index in [-0.39, 0.29) is 0 Å².